The first-order chi connectivity index (χ1) is 9.06. The Hall–Kier alpha value is -0.840. The first-order valence-corrected chi connectivity index (χ1v) is 7.09. The Morgan fingerprint density at radius 2 is 2.05 bits per heavy atom. The van der Waals surface area contributed by atoms with Crippen LogP contribution in [0.15, 0.2) is 12.3 Å². The van der Waals surface area contributed by atoms with Crippen LogP contribution in [-0.4, -0.2) is 28.6 Å². The fourth-order valence-electron chi connectivity index (χ4n) is 2.27. The van der Waals surface area contributed by atoms with Crippen LogP contribution in [0.2, 0.25) is 10.2 Å². The largest absolute Gasteiger partial charge is 0.393 e. The molecule has 0 atom stereocenters. The zero-order valence-electron chi connectivity index (χ0n) is 10.4. The number of halogens is 2. The molecule has 1 fully saturated rings. The second kappa shape index (κ2) is 6.55. The highest BCUT2D eigenvalue weighted by atomic mass is 35.5. The molecule has 0 saturated heterocycles. The van der Waals surface area contributed by atoms with E-state index in [1.54, 1.807) is 0 Å². The lowest BCUT2D eigenvalue weighted by Gasteiger charge is -2.25. The van der Waals surface area contributed by atoms with Gasteiger partial charge >= 0.3 is 0 Å². The van der Waals surface area contributed by atoms with Crippen LogP contribution in [0.5, 0.6) is 0 Å². The van der Waals surface area contributed by atoms with E-state index in [1.807, 2.05) is 0 Å². The Morgan fingerprint density at radius 3 is 2.74 bits per heavy atom. The van der Waals surface area contributed by atoms with Crippen molar-refractivity contribution in [3.63, 3.8) is 0 Å². The lowest BCUT2D eigenvalue weighted by molar-refractivity contribution is 0.0910. The van der Waals surface area contributed by atoms with Gasteiger partial charge in [-0.2, -0.15) is 0 Å². The molecule has 0 aromatic carbocycles. The normalized spacial score (nSPS) is 23.1. The summed E-state index contributed by atoms with van der Waals surface area (Å²) in [7, 11) is 0. The van der Waals surface area contributed by atoms with Crippen molar-refractivity contribution in [2.75, 3.05) is 6.54 Å². The van der Waals surface area contributed by atoms with Crippen LogP contribution in [0.25, 0.3) is 0 Å². The molecule has 4 nitrogen and oxygen atoms in total. The Bertz CT molecular complexity index is 460. The van der Waals surface area contributed by atoms with Gasteiger partial charge in [-0.15, -0.1) is 0 Å². The van der Waals surface area contributed by atoms with Crippen LogP contribution >= 0.6 is 23.2 Å². The maximum Gasteiger partial charge on any atom is 0.252 e. The number of pyridine rings is 1. The fraction of sp³-hybridized carbons (Fsp3) is 0.538. The zero-order chi connectivity index (χ0) is 13.8. The molecule has 6 heteroatoms. The van der Waals surface area contributed by atoms with Crippen molar-refractivity contribution in [1.82, 2.24) is 10.3 Å². The molecule has 1 aromatic heterocycles. The summed E-state index contributed by atoms with van der Waals surface area (Å²) in [5.41, 5.74) is 0.345. The number of nitrogens with one attached hydrogen (secondary N) is 1. The Balaban J connectivity index is 1.89. The summed E-state index contributed by atoms with van der Waals surface area (Å²) < 4.78 is 0. The molecule has 19 heavy (non-hydrogen) atoms. The molecule has 1 aliphatic rings. The number of amides is 1. The summed E-state index contributed by atoms with van der Waals surface area (Å²) in [6, 6.07) is 1.46. The quantitative estimate of drug-likeness (QED) is 0.844. The van der Waals surface area contributed by atoms with Gasteiger partial charge in [-0.1, -0.05) is 23.2 Å². The SMILES string of the molecule is O=C(NCC1CCC(O)CC1)c1cc(Cl)ncc1Cl. The number of nitrogens with zero attached hydrogens (tertiary/aromatic N) is 1. The summed E-state index contributed by atoms with van der Waals surface area (Å²) in [4.78, 5) is 15.8. The van der Waals surface area contributed by atoms with E-state index in [4.69, 9.17) is 23.2 Å². The van der Waals surface area contributed by atoms with Crippen molar-refractivity contribution in [2.45, 2.75) is 31.8 Å². The second-order valence-corrected chi connectivity index (χ2v) is 5.67. The average Bonchev–Trinajstić information content (AvgIpc) is 2.40. The standard InChI is InChI=1S/C13H16Cl2N2O2/c14-11-7-16-12(15)5-10(11)13(19)17-6-8-1-3-9(18)4-2-8/h5,7-9,18H,1-4,6H2,(H,17,19). The summed E-state index contributed by atoms with van der Waals surface area (Å²) >= 11 is 11.7. The molecule has 0 bridgehead atoms. The average molecular weight is 303 g/mol. The molecule has 1 amide bonds. The van der Waals surface area contributed by atoms with E-state index in [-0.39, 0.29) is 17.2 Å². The highest BCUT2D eigenvalue weighted by Crippen LogP contribution is 2.24. The molecule has 1 heterocycles. The van der Waals surface area contributed by atoms with E-state index in [1.165, 1.54) is 12.3 Å². The molecule has 0 radical (unpaired) electrons. The van der Waals surface area contributed by atoms with Crippen LogP contribution in [0.1, 0.15) is 36.0 Å². The number of carbonyl (C=O) groups excluding carboxylic acids is 1. The first kappa shape index (κ1) is 14.6. The summed E-state index contributed by atoms with van der Waals surface area (Å²) in [5.74, 6) is 0.184. The van der Waals surface area contributed by atoms with Gasteiger partial charge in [-0.25, -0.2) is 4.98 Å². The Labute approximate surface area is 122 Å². The van der Waals surface area contributed by atoms with Crippen molar-refractivity contribution in [3.8, 4) is 0 Å². The minimum Gasteiger partial charge on any atom is -0.393 e. The van der Waals surface area contributed by atoms with Crippen LogP contribution in [0, 0.1) is 5.92 Å². The van der Waals surface area contributed by atoms with Gasteiger partial charge in [-0.3, -0.25) is 4.79 Å². The Kier molecular flexibility index (Phi) is 5.02. The van der Waals surface area contributed by atoms with Gasteiger partial charge in [0.05, 0.1) is 16.7 Å². The van der Waals surface area contributed by atoms with Crippen LogP contribution < -0.4 is 5.32 Å². The molecular formula is C13H16Cl2N2O2. The molecule has 1 saturated carbocycles. The zero-order valence-corrected chi connectivity index (χ0v) is 11.9. The molecule has 1 aromatic rings. The van der Waals surface area contributed by atoms with Gasteiger partial charge in [0.1, 0.15) is 5.15 Å². The molecule has 0 unspecified atom stereocenters. The van der Waals surface area contributed by atoms with E-state index in [9.17, 15) is 9.90 Å². The lowest BCUT2D eigenvalue weighted by Crippen LogP contribution is -2.32. The fourth-order valence-corrected chi connectivity index (χ4v) is 2.62. The minimum atomic E-state index is -0.236. The smallest absolute Gasteiger partial charge is 0.252 e. The molecular weight excluding hydrogens is 287 g/mol. The number of hydrogen-bond donors (Lipinski definition) is 2. The van der Waals surface area contributed by atoms with Crippen LogP contribution in [0.3, 0.4) is 0 Å². The Morgan fingerprint density at radius 1 is 1.37 bits per heavy atom. The third kappa shape index (κ3) is 4.06. The lowest BCUT2D eigenvalue weighted by atomic mass is 9.87. The van der Waals surface area contributed by atoms with Crippen molar-refractivity contribution in [3.05, 3.63) is 28.0 Å². The number of aliphatic hydroxyl groups excluding tert-OH is 1. The van der Waals surface area contributed by atoms with Crippen molar-refractivity contribution in [2.24, 2.45) is 5.92 Å². The van der Waals surface area contributed by atoms with Gasteiger partial charge in [0.2, 0.25) is 0 Å². The molecule has 2 rings (SSSR count). The predicted octanol–water partition coefficient (Wildman–Crippen LogP) is 2.67. The molecule has 104 valence electrons. The van der Waals surface area contributed by atoms with Gasteiger partial charge in [0.25, 0.3) is 5.91 Å². The predicted molar refractivity (Wildman–Crippen MR) is 74.6 cm³/mol. The van der Waals surface area contributed by atoms with Crippen molar-refractivity contribution < 1.29 is 9.90 Å². The number of hydrogen-bond acceptors (Lipinski definition) is 3. The van der Waals surface area contributed by atoms with E-state index >= 15 is 0 Å². The number of rotatable bonds is 3. The van der Waals surface area contributed by atoms with Crippen molar-refractivity contribution >= 4 is 29.1 Å². The van der Waals surface area contributed by atoms with Gasteiger partial charge in [-0.05, 0) is 37.7 Å². The van der Waals surface area contributed by atoms with Crippen LogP contribution in [-0.2, 0) is 0 Å². The first-order valence-electron chi connectivity index (χ1n) is 6.33. The molecule has 2 N–H and O–H groups in total. The van der Waals surface area contributed by atoms with Crippen LogP contribution in [0.4, 0.5) is 0 Å². The third-order valence-corrected chi connectivity index (χ3v) is 3.94. The number of aliphatic hydroxyl groups is 1. The van der Waals surface area contributed by atoms with E-state index in [2.05, 4.69) is 10.3 Å². The van der Waals surface area contributed by atoms with Crippen molar-refractivity contribution in [1.29, 1.82) is 0 Å². The second-order valence-electron chi connectivity index (χ2n) is 4.87. The maximum absolute atomic E-state index is 12.0. The van der Waals surface area contributed by atoms with E-state index in [0.717, 1.165) is 25.7 Å². The topological polar surface area (TPSA) is 62.2 Å². The third-order valence-electron chi connectivity index (χ3n) is 3.43. The van der Waals surface area contributed by atoms with E-state index < -0.39 is 0 Å². The van der Waals surface area contributed by atoms with Gasteiger partial charge in [0.15, 0.2) is 0 Å². The molecule has 1 aliphatic carbocycles. The molecule has 0 aliphatic heterocycles. The monoisotopic (exact) mass is 302 g/mol. The van der Waals surface area contributed by atoms with Gasteiger partial charge < -0.3 is 10.4 Å². The maximum atomic E-state index is 12.0. The van der Waals surface area contributed by atoms with E-state index in [0.29, 0.717) is 23.0 Å². The summed E-state index contributed by atoms with van der Waals surface area (Å²) in [6.45, 7) is 0.599. The number of aromatic nitrogens is 1. The summed E-state index contributed by atoms with van der Waals surface area (Å²) in [6.07, 6.45) is 4.68. The van der Waals surface area contributed by atoms with Gasteiger partial charge in [0, 0.05) is 12.7 Å². The molecule has 0 spiro atoms. The minimum absolute atomic E-state index is 0.180. The highest BCUT2D eigenvalue weighted by molar-refractivity contribution is 6.35. The summed E-state index contributed by atoms with van der Waals surface area (Å²) in [5, 5.41) is 12.8. The highest BCUT2D eigenvalue weighted by Gasteiger charge is 2.20. The number of carbonyl (C=O) groups is 1.